The van der Waals surface area contributed by atoms with Crippen molar-refractivity contribution in [1.29, 1.82) is 0 Å². The van der Waals surface area contributed by atoms with Gasteiger partial charge in [0.2, 0.25) is 11.8 Å². The van der Waals surface area contributed by atoms with Gasteiger partial charge in [-0.25, -0.2) is 4.39 Å². The summed E-state index contributed by atoms with van der Waals surface area (Å²) < 4.78 is 13.3. The van der Waals surface area contributed by atoms with E-state index < -0.39 is 11.7 Å². The molecule has 2 aromatic rings. The molecule has 0 aliphatic carbocycles. The number of benzene rings is 2. The van der Waals surface area contributed by atoms with E-state index in [-0.39, 0.29) is 24.8 Å². The Morgan fingerprint density at radius 3 is 2.91 bits per heavy atom. The second kappa shape index (κ2) is 6.18. The van der Waals surface area contributed by atoms with Crippen molar-refractivity contribution in [3.8, 4) is 0 Å². The van der Waals surface area contributed by atoms with Gasteiger partial charge in [-0.2, -0.15) is 0 Å². The fourth-order valence-electron chi connectivity index (χ4n) is 2.65. The molecule has 1 aliphatic rings. The van der Waals surface area contributed by atoms with E-state index in [0.717, 1.165) is 0 Å². The molecule has 0 aromatic heterocycles. The van der Waals surface area contributed by atoms with Crippen molar-refractivity contribution >= 4 is 23.2 Å². The molecule has 0 spiro atoms. The molecular weight excluding hydrogens is 299 g/mol. The molecule has 0 saturated heterocycles. The SMILES string of the molecule is O=C1CC(C(=O)Nc2cccc(CO)c2)c2ccc(F)cc2N1. The molecule has 2 amide bonds. The van der Waals surface area contributed by atoms with Crippen LogP contribution >= 0.6 is 0 Å². The summed E-state index contributed by atoms with van der Waals surface area (Å²) in [4.78, 5) is 24.3. The summed E-state index contributed by atoms with van der Waals surface area (Å²) in [7, 11) is 0. The summed E-state index contributed by atoms with van der Waals surface area (Å²) in [6, 6.07) is 10.8. The lowest BCUT2D eigenvalue weighted by molar-refractivity contribution is -0.123. The number of aliphatic hydroxyl groups excluding tert-OH is 1. The maximum absolute atomic E-state index is 13.3. The van der Waals surface area contributed by atoms with E-state index >= 15 is 0 Å². The predicted octanol–water partition coefficient (Wildman–Crippen LogP) is 2.38. The number of fused-ring (bicyclic) bond motifs is 1. The number of nitrogens with one attached hydrogen (secondary N) is 2. The number of rotatable bonds is 3. The highest BCUT2D eigenvalue weighted by atomic mass is 19.1. The van der Waals surface area contributed by atoms with Crippen molar-refractivity contribution < 1.29 is 19.1 Å². The molecule has 1 aliphatic heterocycles. The second-order valence-electron chi connectivity index (χ2n) is 5.38. The molecular formula is C17H15FN2O3. The molecule has 0 fully saturated rings. The van der Waals surface area contributed by atoms with E-state index in [0.29, 0.717) is 22.5 Å². The number of carbonyl (C=O) groups excluding carboxylic acids is 2. The van der Waals surface area contributed by atoms with Gasteiger partial charge in [0.1, 0.15) is 5.82 Å². The van der Waals surface area contributed by atoms with Gasteiger partial charge >= 0.3 is 0 Å². The van der Waals surface area contributed by atoms with Crippen LogP contribution in [0.1, 0.15) is 23.5 Å². The van der Waals surface area contributed by atoms with Crippen molar-refractivity contribution in [3.05, 3.63) is 59.4 Å². The summed E-state index contributed by atoms with van der Waals surface area (Å²) in [6.07, 6.45) is 0.00412. The lowest BCUT2D eigenvalue weighted by atomic mass is 9.89. The highest BCUT2D eigenvalue weighted by Gasteiger charge is 2.31. The molecule has 0 saturated carbocycles. The molecule has 3 N–H and O–H groups in total. The van der Waals surface area contributed by atoms with Gasteiger partial charge in [-0.1, -0.05) is 18.2 Å². The smallest absolute Gasteiger partial charge is 0.232 e. The van der Waals surface area contributed by atoms with Crippen molar-refractivity contribution in [2.45, 2.75) is 18.9 Å². The molecule has 1 heterocycles. The number of hydrogen-bond donors (Lipinski definition) is 3. The molecule has 0 radical (unpaired) electrons. The van der Waals surface area contributed by atoms with E-state index in [2.05, 4.69) is 10.6 Å². The first-order valence-electron chi connectivity index (χ1n) is 7.17. The first-order valence-corrected chi connectivity index (χ1v) is 7.17. The van der Waals surface area contributed by atoms with Crippen molar-refractivity contribution in [3.63, 3.8) is 0 Å². The highest BCUT2D eigenvalue weighted by Crippen LogP contribution is 2.33. The van der Waals surface area contributed by atoms with E-state index in [1.807, 2.05) is 0 Å². The van der Waals surface area contributed by atoms with E-state index in [1.165, 1.54) is 18.2 Å². The predicted molar refractivity (Wildman–Crippen MR) is 83.4 cm³/mol. The zero-order valence-electron chi connectivity index (χ0n) is 12.2. The van der Waals surface area contributed by atoms with Crippen molar-refractivity contribution in [2.75, 3.05) is 10.6 Å². The van der Waals surface area contributed by atoms with Gasteiger partial charge in [-0.15, -0.1) is 0 Å². The summed E-state index contributed by atoms with van der Waals surface area (Å²) in [5, 5.41) is 14.4. The fraction of sp³-hybridized carbons (Fsp3) is 0.176. The Labute approximate surface area is 132 Å². The van der Waals surface area contributed by atoms with Crippen LogP contribution in [0.3, 0.4) is 0 Å². The standard InChI is InChI=1S/C17H15FN2O3/c18-11-4-5-13-14(8-16(22)20-15(13)7-11)17(23)19-12-3-1-2-10(6-12)9-21/h1-7,14,21H,8-9H2,(H,19,23)(H,20,22). The lowest BCUT2D eigenvalue weighted by Gasteiger charge is -2.25. The van der Waals surface area contributed by atoms with Crippen LogP contribution in [0.2, 0.25) is 0 Å². The topological polar surface area (TPSA) is 78.4 Å². The number of halogens is 1. The fourth-order valence-corrected chi connectivity index (χ4v) is 2.65. The monoisotopic (exact) mass is 314 g/mol. The average Bonchev–Trinajstić information content (AvgIpc) is 2.53. The number of anilines is 2. The zero-order valence-corrected chi connectivity index (χ0v) is 12.2. The van der Waals surface area contributed by atoms with Crippen LogP contribution < -0.4 is 10.6 Å². The molecule has 118 valence electrons. The maximum atomic E-state index is 13.3. The van der Waals surface area contributed by atoms with Crippen LogP contribution in [0.4, 0.5) is 15.8 Å². The van der Waals surface area contributed by atoms with Gasteiger partial charge in [0.15, 0.2) is 0 Å². The number of amides is 2. The number of carbonyl (C=O) groups is 2. The van der Waals surface area contributed by atoms with Gasteiger partial charge < -0.3 is 15.7 Å². The third-order valence-corrected chi connectivity index (χ3v) is 3.75. The van der Waals surface area contributed by atoms with Crippen LogP contribution in [0.15, 0.2) is 42.5 Å². The van der Waals surface area contributed by atoms with Crippen LogP contribution in [0, 0.1) is 5.82 Å². The van der Waals surface area contributed by atoms with Crippen molar-refractivity contribution in [1.82, 2.24) is 0 Å². The summed E-state index contributed by atoms with van der Waals surface area (Å²) in [6.45, 7) is -0.127. The molecule has 2 aromatic carbocycles. The Hall–Kier alpha value is -2.73. The quantitative estimate of drug-likeness (QED) is 0.814. The summed E-state index contributed by atoms with van der Waals surface area (Å²) in [5.41, 5.74) is 2.12. The first kappa shape index (κ1) is 15.2. The lowest BCUT2D eigenvalue weighted by Crippen LogP contribution is -2.30. The van der Waals surface area contributed by atoms with Crippen molar-refractivity contribution in [2.24, 2.45) is 0 Å². The largest absolute Gasteiger partial charge is 0.392 e. The van der Waals surface area contributed by atoms with Crippen LogP contribution in [-0.2, 0) is 16.2 Å². The minimum absolute atomic E-state index is 0.00412. The van der Waals surface area contributed by atoms with Gasteiger partial charge in [0, 0.05) is 17.8 Å². The second-order valence-corrected chi connectivity index (χ2v) is 5.38. The first-order chi connectivity index (χ1) is 11.1. The van der Waals surface area contributed by atoms with E-state index in [4.69, 9.17) is 5.11 Å². The molecule has 3 rings (SSSR count). The molecule has 0 bridgehead atoms. The minimum Gasteiger partial charge on any atom is -0.392 e. The van der Waals surface area contributed by atoms with Gasteiger partial charge in [0.05, 0.1) is 12.5 Å². The number of aliphatic hydroxyl groups is 1. The zero-order chi connectivity index (χ0) is 16.4. The Balaban J connectivity index is 1.86. The van der Waals surface area contributed by atoms with Crippen LogP contribution in [-0.4, -0.2) is 16.9 Å². The molecule has 23 heavy (non-hydrogen) atoms. The van der Waals surface area contributed by atoms with E-state index in [9.17, 15) is 14.0 Å². The minimum atomic E-state index is -0.683. The third-order valence-electron chi connectivity index (χ3n) is 3.75. The third kappa shape index (κ3) is 3.22. The Bertz CT molecular complexity index is 776. The van der Waals surface area contributed by atoms with Gasteiger partial charge in [-0.05, 0) is 35.4 Å². The Morgan fingerprint density at radius 1 is 1.30 bits per heavy atom. The molecule has 6 heteroatoms. The maximum Gasteiger partial charge on any atom is 0.232 e. The van der Waals surface area contributed by atoms with Gasteiger partial charge in [0.25, 0.3) is 0 Å². The molecule has 1 unspecified atom stereocenters. The average molecular weight is 314 g/mol. The Morgan fingerprint density at radius 2 is 2.13 bits per heavy atom. The van der Waals surface area contributed by atoms with Crippen LogP contribution in [0.25, 0.3) is 0 Å². The summed E-state index contributed by atoms with van der Waals surface area (Å²) >= 11 is 0. The Kier molecular flexibility index (Phi) is 4.08. The highest BCUT2D eigenvalue weighted by molar-refractivity contribution is 6.05. The van der Waals surface area contributed by atoms with Crippen LogP contribution in [0.5, 0.6) is 0 Å². The molecule has 1 atom stereocenters. The number of hydrogen-bond acceptors (Lipinski definition) is 3. The summed E-state index contributed by atoms with van der Waals surface area (Å²) in [5.74, 6) is -1.83. The molecule has 5 nitrogen and oxygen atoms in total. The normalized spacial score (nSPS) is 16.4. The van der Waals surface area contributed by atoms with E-state index in [1.54, 1.807) is 24.3 Å². The van der Waals surface area contributed by atoms with Gasteiger partial charge in [-0.3, -0.25) is 9.59 Å².